The van der Waals surface area contributed by atoms with Crippen LogP contribution in [-0.2, 0) is 4.74 Å². The van der Waals surface area contributed by atoms with Crippen LogP contribution in [-0.4, -0.2) is 36.7 Å². The number of aliphatic imine (C=N–C) groups is 1. The predicted octanol–water partition coefficient (Wildman–Crippen LogP) is 2.27. The molecule has 0 aliphatic carbocycles. The van der Waals surface area contributed by atoms with Gasteiger partial charge in [-0.15, -0.1) is 0 Å². The third kappa shape index (κ3) is 3.98. The average Bonchev–Trinajstić information content (AvgIpc) is 2.33. The minimum Gasteiger partial charge on any atom is -0.378 e. The molecule has 1 saturated heterocycles. The molecule has 2 aliphatic heterocycles. The third-order valence-corrected chi connectivity index (χ3v) is 4.35. The van der Waals surface area contributed by atoms with Crippen molar-refractivity contribution in [2.75, 3.05) is 25.4 Å². The molecule has 0 aromatic rings. The van der Waals surface area contributed by atoms with Crippen LogP contribution in [0.5, 0.6) is 0 Å². The molecule has 2 unspecified atom stereocenters. The van der Waals surface area contributed by atoms with Gasteiger partial charge in [0, 0.05) is 25.4 Å². The molecule has 2 rings (SSSR count). The summed E-state index contributed by atoms with van der Waals surface area (Å²) in [5, 5.41) is 4.56. The molecule has 0 radical (unpaired) electrons. The number of hydrogen-bond donors (Lipinski definition) is 1. The molecule has 0 aromatic heterocycles. The first-order valence-electron chi connectivity index (χ1n) is 6.37. The van der Waals surface area contributed by atoms with Crippen molar-refractivity contribution in [1.29, 1.82) is 0 Å². The van der Waals surface area contributed by atoms with Gasteiger partial charge >= 0.3 is 0 Å². The highest BCUT2D eigenvalue weighted by Gasteiger charge is 2.15. The Balaban J connectivity index is 1.60. The molecular weight excluding hydrogens is 220 g/mol. The molecule has 0 amide bonds. The zero-order chi connectivity index (χ0) is 11.2. The fraction of sp³-hybridized carbons (Fsp3) is 0.917. The summed E-state index contributed by atoms with van der Waals surface area (Å²) < 4.78 is 5.70. The number of rotatable bonds is 3. The predicted molar refractivity (Wildman–Crippen MR) is 70.1 cm³/mol. The van der Waals surface area contributed by atoms with Crippen molar-refractivity contribution in [3.63, 3.8) is 0 Å². The molecule has 3 nitrogen and oxygen atoms in total. The Morgan fingerprint density at radius 1 is 1.50 bits per heavy atom. The molecule has 0 spiro atoms. The Bertz CT molecular complexity index is 239. The van der Waals surface area contributed by atoms with Crippen LogP contribution in [0.3, 0.4) is 0 Å². The van der Waals surface area contributed by atoms with Crippen molar-refractivity contribution >= 4 is 16.9 Å². The molecular formula is C12H22N2OS. The smallest absolute Gasteiger partial charge is 0.156 e. The van der Waals surface area contributed by atoms with Crippen LogP contribution in [0.1, 0.15) is 32.6 Å². The molecule has 2 heterocycles. The number of thioether (sulfide) groups is 1. The van der Waals surface area contributed by atoms with E-state index in [9.17, 15) is 0 Å². The van der Waals surface area contributed by atoms with E-state index in [1.807, 2.05) is 11.8 Å². The summed E-state index contributed by atoms with van der Waals surface area (Å²) in [5.41, 5.74) is 0. The van der Waals surface area contributed by atoms with E-state index in [0.29, 0.717) is 6.10 Å². The van der Waals surface area contributed by atoms with Gasteiger partial charge in [0.2, 0.25) is 0 Å². The first-order valence-corrected chi connectivity index (χ1v) is 7.36. The number of nitrogens with zero attached hydrogens (tertiary/aromatic N) is 1. The lowest BCUT2D eigenvalue weighted by Crippen LogP contribution is -2.30. The van der Waals surface area contributed by atoms with Crippen LogP contribution in [0.15, 0.2) is 4.99 Å². The Kier molecular flexibility index (Phi) is 4.97. The second-order valence-electron chi connectivity index (χ2n) is 4.77. The number of nitrogens with one attached hydrogen (secondary N) is 1. The fourth-order valence-electron chi connectivity index (χ4n) is 2.04. The van der Waals surface area contributed by atoms with Gasteiger partial charge in [0.1, 0.15) is 0 Å². The van der Waals surface area contributed by atoms with Gasteiger partial charge in [-0.05, 0) is 31.6 Å². The lowest BCUT2D eigenvalue weighted by atomic mass is 10.1. The van der Waals surface area contributed by atoms with Crippen LogP contribution in [0, 0.1) is 5.92 Å². The highest BCUT2D eigenvalue weighted by Crippen LogP contribution is 2.17. The summed E-state index contributed by atoms with van der Waals surface area (Å²) >= 11 is 1.86. The zero-order valence-electron chi connectivity index (χ0n) is 10.1. The highest BCUT2D eigenvalue weighted by atomic mass is 32.2. The lowest BCUT2D eigenvalue weighted by molar-refractivity contribution is 0.0122. The van der Waals surface area contributed by atoms with Crippen molar-refractivity contribution < 1.29 is 4.74 Å². The molecule has 4 heteroatoms. The maximum absolute atomic E-state index is 5.70. The van der Waals surface area contributed by atoms with Gasteiger partial charge < -0.3 is 10.1 Å². The lowest BCUT2D eigenvalue weighted by Gasteiger charge is -2.23. The summed E-state index contributed by atoms with van der Waals surface area (Å²) in [6.07, 6.45) is 5.41. The van der Waals surface area contributed by atoms with E-state index in [4.69, 9.17) is 4.74 Å². The molecule has 2 aliphatic rings. The Morgan fingerprint density at radius 3 is 3.12 bits per heavy atom. The van der Waals surface area contributed by atoms with Crippen LogP contribution >= 0.6 is 11.8 Å². The minimum absolute atomic E-state index is 0.481. The van der Waals surface area contributed by atoms with Crippen molar-refractivity contribution in [2.24, 2.45) is 10.9 Å². The Hall–Kier alpha value is -0.220. The van der Waals surface area contributed by atoms with Crippen LogP contribution in [0.25, 0.3) is 0 Å². The first-order chi connectivity index (χ1) is 7.84. The van der Waals surface area contributed by atoms with Crippen molar-refractivity contribution in [1.82, 2.24) is 5.32 Å². The summed E-state index contributed by atoms with van der Waals surface area (Å²) in [5.74, 6) is 1.93. The maximum atomic E-state index is 5.70. The molecule has 0 aromatic carbocycles. The summed E-state index contributed by atoms with van der Waals surface area (Å²) in [6, 6.07) is 0. The standard InChI is InChI=1S/C12H22N2OS/c1-10-8-14-12(16-9-10)13-6-5-11-4-2-3-7-15-11/h10-11H,2-9H2,1H3,(H,13,14). The van der Waals surface area contributed by atoms with Crippen LogP contribution in [0.4, 0.5) is 0 Å². The SMILES string of the molecule is CC1CN=C(NCCC2CCCCO2)SC1. The number of ether oxygens (including phenoxy) is 1. The summed E-state index contributed by atoms with van der Waals surface area (Å²) in [6.45, 7) is 5.20. The summed E-state index contributed by atoms with van der Waals surface area (Å²) in [7, 11) is 0. The average molecular weight is 242 g/mol. The molecule has 2 atom stereocenters. The van der Waals surface area contributed by atoms with E-state index in [1.165, 1.54) is 25.0 Å². The van der Waals surface area contributed by atoms with Gasteiger partial charge in [0.15, 0.2) is 5.17 Å². The Morgan fingerprint density at radius 2 is 2.44 bits per heavy atom. The fourth-order valence-corrected chi connectivity index (χ4v) is 2.96. The van der Waals surface area contributed by atoms with E-state index < -0.39 is 0 Å². The van der Waals surface area contributed by atoms with Crippen molar-refractivity contribution in [2.45, 2.75) is 38.7 Å². The van der Waals surface area contributed by atoms with E-state index in [1.54, 1.807) is 0 Å². The van der Waals surface area contributed by atoms with Crippen LogP contribution < -0.4 is 5.32 Å². The van der Waals surface area contributed by atoms with Gasteiger partial charge in [-0.25, -0.2) is 0 Å². The van der Waals surface area contributed by atoms with E-state index in [2.05, 4.69) is 17.2 Å². The minimum atomic E-state index is 0.481. The van der Waals surface area contributed by atoms with Crippen molar-refractivity contribution in [3.05, 3.63) is 0 Å². The number of amidine groups is 1. The molecule has 16 heavy (non-hydrogen) atoms. The normalized spacial score (nSPS) is 30.9. The monoisotopic (exact) mass is 242 g/mol. The number of hydrogen-bond acceptors (Lipinski definition) is 4. The van der Waals surface area contributed by atoms with E-state index >= 15 is 0 Å². The van der Waals surface area contributed by atoms with Crippen LogP contribution in [0.2, 0.25) is 0 Å². The van der Waals surface area contributed by atoms with Gasteiger partial charge in [-0.2, -0.15) is 0 Å². The third-order valence-electron chi connectivity index (χ3n) is 3.07. The zero-order valence-corrected chi connectivity index (χ0v) is 10.9. The topological polar surface area (TPSA) is 33.6 Å². The van der Waals surface area contributed by atoms with E-state index in [-0.39, 0.29) is 0 Å². The molecule has 0 saturated carbocycles. The second kappa shape index (κ2) is 6.50. The highest BCUT2D eigenvalue weighted by molar-refractivity contribution is 8.13. The summed E-state index contributed by atoms with van der Waals surface area (Å²) in [4.78, 5) is 4.52. The molecule has 1 fully saturated rings. The molecule has 1 N–H and O–H groups in total. The second-order valence-corrected chi connectivity index (χ2v) is 5.77. The quantitative estimate of drug-likeness (QED) is 0.824. The van der Waals surface area contributed by atoms with Gasteiger partial charge in [0.25, 0.3) is 0 Å². The Labute approximate surface area is 102 Å². The molecule has 0 bridgehead atoms. The first kappa shape index (κ1) is 12.2. The van der Waals surface area contributed by atoms with E-state index in [0.717, 1.165) is 37.2 Å². The molecule has 92 valence electrons. The van der Waals surface area contributed by atoms with Crippen molar-refractivity contribution in [3.8, 4) is 0 Å². The van der Waals surface area contributed by atoms with Gasteiger partial charge in [0.05, 0.1) is 6.10 Å². The van der Waals surface area contributed by atoms with Gasteiger partial charge in [-0.3, -0.25) is 4.99 Å². The maximum Gasteiger partial charge on any atom is 0.156 e. The van der Waals surface area contributed by atoms with Gasteiger partial charge in [-0.1, -0.05) is 18.7 Å². The largest absolute Gasteiger partial charge is 0.378 e.